The van der Waals surface area contributed by atoms with Crippen molar-refractivity contribution < 1.29 is 8.78 Å². The van der Waals surface area contributed by atoms with Crippen LogP contribution in [0.5, 0.6) is 0 Å². The number of hydrogen-bond acceptors (Lipinski definition) is 3. The summed E-state index contributed by atoms with van der Waals surface area (Å²) in [4.78, 5) is 4.03. The van der Waals surface area contributed by atoms with Crippen LogP contribution >= 0.6 is 0 Å². The fraction of sp³-hybridized carbons (Fsp3) is 0.727. The maximum atomic E-state index is 15.0. The van der Waals surface area contributed by atoms with Crippen LogP contribution in [0.2, 0.25) is 0 Å². The van der Waals surface area contributed by atoms with Gasteiger partial charge in [-0.05, 0) is 75.7 Å². The van der Waals surface area contributed by atoms with E-state index >= 15 is 0 Å². The summed E-state index contributed by atoms with van der Waals surface area (Å²) in [5.41, 5.74) is 1.12. The highest BCUT2D eigenvalue weighted by Gasteiger charge is 2.48. The first-order valence-electron chi connectivity index (χ1n) is 10.7. The lowest BCUT2D eigenvalue weighted by Gasteiger charge is -2.47. The van der Waals surface area contributed by atoms with E-state index in [1.807, 2.05) is 35.2 Å². The van der Waals surface area contributed by atoms with Gasteiger partial charge in [-0.2, -0.15) is 0 Å². The van der Waals surface area contributed by atoms with Crippen molar-refractivity contribution in [2.24, 2.45) is 11.8 Å². The van der Waals surface area contributed by atoms with Gasteiger partial charge in [-0.3, -0.25) is 9.80 Å². The van der Waals surface area contributed by atoms with Crippen molar-refractivity contribution >= 4 is 0 Å². The van der Waals surface area contributed by atoms with E-state index in [0.29, 0.717) is 13.0 Å². The standard InChI is InChI=1S/C22H33F2N3/c23-22(24)17-26(16-18-4-2-1-3-5-18)13-10-21(22)27-14-8-20(9-15-27)19-6-11-25-12-7-19/h1-5,19-21,25H,6-17H2. The van der Waals surface area contributed by atoms with Gasteiger partial charge in [0.1, 0.15) is 0 Å². The summed E-state index contributed by atoms with van der Waals surface area (Å²) in [5, 5.41) is 3.43. The zero-order chi connectivity index (χ0) is 18.7. The van der Waals surface area contributed by atoms with Gasteiger partial charge in [-0.1, -0.05) is 30.3 Å². The number of nitrogens with zero attached hydrogens (tertiary/aromatic N) is 2. The molecular formula is C22H33F2N3. The molecule has 1 aromatic carbocycles. The average molecular weight is 378 g/mol. The Bertz CT molecular complexity index is 580. The van der Waals surface area contributed by atoms with Gasteiger partial charge in [0.25, 0.3) is 5.92 Å². The monoisotopic (exact) mass is 377 g/mol. The molecule has 3 saturated heterocycles. The van der Waals surface area contributed by atoms with Gasteiger partial charge >= 0.3 is 0 Å². The fourth-order valence-electron chi connectivity index (χ4n) is 5.44. The van der Waals surface area contributed by atoms with Crippen LogP contribution in [0.25, 0.3) is 0 Å². The molecule has 4 rings (SSSR count). The maximum Gasteiger partial charge on any atom is 0.275 e. The van der Waals surface area contributed by atoms with Crippen LogP contribution in [-0.2, 0) is 6.54 Å². The molecule has 0 saturated carbocycles. The maximum absolute atomic E-state index is 15.0. The molecule has 0 bridgehead atoms. The van der Waals surface area contributed by atoms with E-state index in [-0.39, 0.29) is 6.54 Å². The fourth-order valence-corrected chi connectivity index (χ4v) is 5.44. The largest absolute Gasteiger partial charge is 0.317 e. The van der Waals surface area contributed by atoms with Crippen LogP contribution in [-0.4, -0.2) is 61.0 Å². The number of rotatable bonds is 4. The van der Waals surface area contributed by atoms with Crippen molar-refractivity contribution in [3.05, 3.63) is 35.9 Å². The number of benzene rings is 1. The molecule has 0 amide bonds. The second-order valence-corrected chi connectivity index (χ2v) is 8.72. The zero-order valence-electron chi connectivity index (χ0n) is 16.3. The quantitative estimate of drug-likeness (QED) is 0.865. The molecule has 0 aromatic heterocycles. The van der Waals surface area contributed by atoms with E-state index in [9.17, 15) is 8.78 Å². The Balaban J connectivity index is 1.30. The van der Waals surface area contributed by atoms with Crippen LogP contribution in [0, 0.1) is 11.8 Å². The van der Waals surface area contributed by atoms with Crippen molar-refractivity contribution in [2.75, 3.05) is 39.3 Å². The van der Waals surface area contributed by atoms with Crippen molar-refractivity contribution in [1.82, 2.24) is 15.1 Å². The molecule has 5 heteroatoms. The summed E-state index contributed by atoms with van der Waals surface area (Å²) >= 11 is 0. The van der Waals surface area contributed by atoms with E-state index in [0.717, 1.165) is 63.0 Å². The van der Waals surface area contributed by atoms with Gasteiger partial charge in [0.15, 0.2) is 0 Å². The van der Waals surface area contributed by atoms with Crippen LogP contribution < -0.4 is 5.32 Å². The van der Waals surface area contributed by atoms with E-state index in [1.165, 1.54) is 12.8 Å². The smallest absolute Gasteiger partial charge is 0.275 e. The van der Waals surface area contributed by atoms with Crippen molar-refractivity contribution in [3.63, 3.8) is 0 Å². The molecule has 3 nitrogen and oxygen atoms in total. The molecule has 150 valence electrons. The Morgan fingerprint density at radius 2 is 1.56 bits per heavy atom. The van der Waals surface area contributed by atoms with Crippen molar-refractivity contribution in [2.45, 2.75) is 50.6 Å². The minimum atomic E-state index is -2.62. The van der Waals surface area contributed by atoms with Gasteiger partial charge in [-0.15, -0.1) is 0 Å². The third kappa shape index (κ3) is 4.69. The lowest BCUT2D eigenvalue weighted by molar-refractivity contribution is -0.134. The molecule has 3 aliphatic heterocycles. The molecule has 3 aliphatic rings. The summed E-state index contributed by atoms with van der Waals surface area (Å²) in [6.45, 7) is 5.25. The summed E-state index contributed by atoms with van der Waals surface area (Å²) in [5.74, 6) is -1.06. The normalized spacial score (nSPS) is 29.0. The number of likely N-dealkylation sites (tertiary alicyclic amines) is 2. The Morgan fingerprint density at radius 3 is 2.22 bits per heavy atom. The summed E-state index contributed by atoms with van der Waals surface area (Å²) in [6.07, 6.45) is 5.31. The first kappa shape index (κ1) is 19.3. The van der Waals surface area contributed by atoms with Crippen LogP contribution in [0.15, 0.2) is 30.3 Å². The third-order valence-electron chi connectivity index (χ3n) is 6.96. The Labute approximate surface area is 162 Å². The number of piperidine rings is 3. The number of alkyl halides is 2. The lowest BCUT2D eigenvalue weighted by Crippen LogP contribution is -2.59. The van der Waals surface area contributed by atoms with Crippen molar-refractivity contribution in [3.8, 4) is 0 Å². The Kier molecular flexibility index (Phi) is 6.10. The van der Waals surface area contributed by atoms with E-state index in [2.05, 4.69) is 10.2 Å². The number of hydrogen-bond donors (Lipinski definition) is 1. The first-order valence-corrected chi connectivity index (χ1v) is 10.7. The van der Waals surface area contributed by atoms with Gasteiger partial charge in [0, 0.05) is 13.1 Å². The van der Waals surface area contributed by atoms with Gasteiger partial charge in [0.05, 0.1) is 12.6 Å². The second kappa shape index (κ2) is 8.54. The molecule has 0 spiro atoms. The van der Waals surface area contributed by atoms with E-state index < -0.39 is 12.0 Å². The predicted octanol–water partition coefficient (Wildman–Crippen LogP) is 3.61. The summed E-state index contributed by atoms with van der Waals surface area (Å²) in [6, 6.07) is 9.40. The third-order valence-corrected chi connectivity index (χ3v) is 6.96. The minimum absolute atomic E-state index is 0.110. The Hall–Kier alpha value is -1.04. The highest BCUT2D eigenvalue weighted by atomic mass is 19.3. The molecule has 1 atom stereocenters. The van der Waals surface area contributed by atoms with Crippen LogP contribution in [0.1, 0.15) is 37.7 Å². The molecule has 1 N–H and O–H groups in total. The van der Waals surface area contributed by atoms with E-state index in [4.69, 9.17) is 0 Å². The molecule has 1 aromatic rings. The van der Waals surface area contributed by atoms with E-state index in [1.54, 1.807) is 0 Å². The molecular weight excluding hydrogens is 344 g/mol. The summed E-state index contributed by atoms with van der Waals surface area (Å²) in [7, 11) is 0. The minimum Gasteiger partial charge on any atom is -0.317 e. The number of halogens is 2. The van der Waals surface area contributed by atoms with Crippen molar-refractivity contribution in [1.29, 1.82) is 0 Å². The molecule has 0 aliphatic carbocycles. The molecule has 3 heterocycles. The highest BCUT2D eigenvalue weighted by Crippen LogP contribution is 2.37. The molecule has 3 fully saturated rings. The molecule has 0 radical (unpaired) electrons. The van der Waals surface area contributed by atoms with Gasteiger partial charge in [0.2, 0.25) is 0 Å². The number of nitrogens with one attached hydrogen (secondary N) is 1. The topological polar surface area (TPSA) is 18.5 Å². The van der Waals surface area contributed by atoms with Gasteiger partial charge < -0.3 is 5.32 Å². The first-order chi connectivity index (χ1) is 13.1. The predicted molar refractivity (Wildman–Crippen MR) is 105 cm³/mol. The summed E-state index contributed by atoms with van der Waals surface area (Å²) < 4.78 is 29.9. The average Bonchev–Trinajstić information content (AvgIpc) is 2.69. The molecule has 1 unspecified atom stereocenters. The van der Waals surface area contributed by atoms with Gasteiger partial charge in [-0.25, -0.2) is 8.78 Å². The highest BCUT2D eigenvalue weighted by molar-refractivity contribution is 5.14. The zero-order valence-corrected chi connectivity index (χ0v) is 16.3. The van der Waals surface area contributed by atoms with Crippen LogP contribution in [0.3, 0.4) is 0 Å². The molecule has 27 heavy (non-hydrogen) atoms. The SMILES string of the molecule is FC1(F)CN(Cc2ccccc2)CCC1N1CCC(C2CCNCC2)CC1. The second-order valence-electron chi connectivity index (χ2n) is 8.72. The lowest BCUT2D eigenvalue weighted by atomic mass is 9.78. The van der Waals surface area contributed by atoms with Crippen LogP contribution in [0.4, 0.5) is 8.78 Å². The Morgan fingerprint density at radius 1 is 0.889 bits per heavy atom.